The number of esters is 1. The Balaban J connectivity index is 3.82. The van der Waals surface area contributed by atoms with Crippen molar-refractivity contribution >= 4 is 17.6 Å². The van der Waals surface area contributed by atoms with E-state index in [0.29, 0.717) is 12.8 Å². The molecule has 0 saturated heterocycles. The minimum atomic E-state index is -0.857. The van der Waals surface area contributed by atoms with Gasteiger partial charge in [0, 0.05) is 0 Å². The molecule has 0 radical (unpaired) electrons. The number of carbonyl (C=O) groups is 1. The quantitative estimate of drug-likeness (QED) is 0.222. The standard InChI is InChI=1S/C8H14ClNO5/c1-8(2,7(11)14-6-9)4-3-5-15-10(12)13/h3-6H2,1-2H3. The molecule has 0 aliphatic heterocycles. The first-order valence-corrected chi connectivity index (χ1v) is 4.94. The van der Waals surface area contributed by atoms with Crippen LogP contribution in [0.25, 0.3) is 0 Å². The second-order valence-corrected chi connectivity index (χ2v) is 3.80. The highest BCUT2D eigenvalue weighted by Gasteiger charge is 2.28. The average molecular weight is 240 g/mol. The van der Waals surface area contributed by atoms with E-state index in [4.69, 9.17) is 11.6 Å². The Morgan fingerprint density at radius 2 is 2.13 bits per heavy atom. The highest BCUT2D eigenvalue weighted by atomic mass is 35.5. The summed E-state index contributed by atoms with van der Waals surface area (Å²) in [6.07, 6.45) is 0.849. The number of rotatable bonds is 7. The molecular weight excluding hydrogens is 226 g/mol. The first kappa shape index (κ1) is 14.0. The van der Waals surface area contributed by atoms with E-state index >= 15 is 0 Å². The summed E-state index contributed by atoms with van der Waals surface area (Å²) in [7, 11) is 0. The van der Waals surface area contributed by atoms with Gasteiger partial charge in [-0.3, -0.25) is 4.79 Å². The molecule has 0 aromatic rings. The van der Waals surface area contributed by atoms with Gasteiger partial charge in [0.05, 0.1) is 12.0 Å². The second kappa shape index (κ2) is 6.44. The summed E-state index contributed by atoms with van der Waals surface area (Å²) in [5.41, 5.74) is -0.700. The van der Waals surface area contributed by atoms with Gasteiger partial charge < -0.3 is 9.57 Å². The molecule has 0 rings (SSSR count). The van der Waals surface area contributed by atoms with Crippen molar-refractivity contribution in [2.45, 2.75) is 26.7 Å². The van der Waals surface area contributed by atoms with E-state index in [9.17, 15) is 14.9 Å². The number of hydrogen-bond acceptors (Lipinski definition) is 5. The van der Waals surface area contributed by atoms with E-state index in [-0.39, 0.29) is 12.7 Å². The number of ether oxygens (including phenoxy) is 1. The van der Waals surface area contributed by atoms with Crippen LogP contribution in [0.5, 0.6) is 0 Å². The van der Waals surface area contributed by atoms with Crippen molar-refractivity contribution in [2.75, 3.05) is 12.7 Å². The number of halogens is 1. The molecule has 0 aliphatic carbocycles. The summed E-state index contributed by atoms with van der Waals surface area (Å²) >= 11 is 5.25. The molecule has 0 aromatic heterocycles. The third kappa shape index (κ3) is 6.11. The normalized spacial score (nSPS) is 10.9. The molecule has 0 bridgehead atoms. The van der Waals surface area contributed by atoms with Crippen molar-refractivity contribution in [1.29, 1.82) is 0 Å². The molecule has 0 spiro atoms. The van der Waals surface area contributed by atoms with Crippen LogP contribution in [0.2, 0.25) is 0 Å². The van der Waals surface area contributed by atoms with Crippen molar-refractivity contribution < 1.29 is 19.5 Å². The Labute approximate surface area is 92.6 Å². The molecule has 0 aliphatic rings. The van der Waals surface area contributed by atoms with Crippen LogP contribution in [0, 0.1) is 15.5 Å². The summed E-state index contributed by atoms with van der Waals surface area (Å²) in [5, 5.41) is 8.98. The van der Waals surface area contributed by atoms with E-state index in [1.165, 1.54) is 0 Å². The molecule has 7 heteroatoms. The molecule has 0 atom stereocenters. The van der Waals surface area contributed by atoms with Gasteiger partial charge in [-0.15, -0.1) is 10.1 Å². The minimum absolute atomic E-state index is 0.0232. The zero-order valence-electron chi connectivity index (χ0n) is 8.69. The monoisotopic (exact) mass is 239 g/mol. The van der Waals surface area contributed by atoms with Gasteiger partial charge in [0.25, 0.3) is 5.09 Å². The third-order valence-electron chi connectivity index (χ3n) is 1.88. The van der Waals surface area contributed by atoms with Crippen molar-refractivity contribution in [3.05, 3.63) is 10.1 Å². The fourth-order valence-corrected chi connectivity index (χ4v) is 1.10. The van der Waals surface area contributed by atoms with Crippen LogP contribution in [0.15, 0.2) is 0 Å². The summed E-state index contributed by atoms with van der Waals surface area (Å²) in [5.74, 6) is -0.418. The van der Waals surface area contributed by atoms with Crippen LogP contribution in [-0.4, -0.2) is 23.7 Å². The van der Waals surface area contributed by atoms with Gasteiger partial charge >= 0.3 is 5.97 Å². The molecule has 88 valence electrons. The summed E-state index contributed by atoms with van der Waals surface area (Å²) < 4.78 is 4.64. The molecule has 0 heterocycles. The highest BCUT2D eigenvalue weighted by Crippen LogP contribution is 2.24. The number of alkyl halides is 1. The lowest BCUT2D eigenvalue weighted by atomic mass is 9.88. The topological polar surface area (TPSA) is 78.7 Å². The lowest BCUT2D eigenvalue weighted by Crippen LogP contribution is -2.26. The van der Waals surface area contributed by atoms with Gasteiger partial charge in [-0.1, -0.05) is 11.6 Å². The maximum atomic E-state index is 11.3. The van der Waals surface area contributed by atoms with Crippen LogP contribution < -0.4 is 0 Å². The van der Waals surface area contributed by atoms with Crippen LogP contribution in [0.3, 0.4) is 0 Å². The molecule has 0 unspecified atom stereocenters. The largest absolute Gasteiger partial charge is 0.449 e. The predicted molar refractivity (Wildman–Crippen MR) is 52.8 cm³/mol. The fourth-order valence-electron chi connectivity index (χ4n) is 1.00. The molecule has 15 heavy (non-hydrogen) atoms. The number of nitrogens with zero attached hydrogens (tertiary/aromatic N) is 1. The van der Waals surface area contributed by atoms with Crippen LogP contribution >= 0.6 is 11.6 Å². The molecule has 0 fully saturated rings. The van der Waals surface area contributed by atoms with Gasteiger partial charge in [0.15, 0.2) is 6.07 Å². The maximum Gasteiger partial charge on any atom is 0.312 e. The molecule has 0 aromatic carbocycles. The highest BCUT2D eigenvalue weighted by molar-refractivity contribution is 6.17. The zero-order valence-corrected chi connectivity index (χ0v) is 9.45. The van der Waals surface area contributed by atoms with Crippen LogP contribution in [0.4, 0.5) is 0 Å². The van der Waals surface area contributed by atoms with Crippen molar-refractivity contribution in [3.8, 4) is 0 Å². The number of carbonyl (C=O) groups excluding carboxylic acids is 1. The fraction of sp³-hybridized carbons (Fsp3) is 0.875. The van der Waals surface area contributed by atoms with Crippen molar-refractivity contribution in [2.24, 2.45) is 5.41 Å². The summed E-state index contributed by atoms with van der Waals surface area (Å²) in [6, 6.07) is -0.187. The van der Waals surface area contributed by atoms with Crippen molar-refractivity contribution in [1.82, 2.24) is 0 Å². The second-order valence-electron chi connectivity index (χ2n) is 3.59. The van der Waals surface area contributed by atoms with Crippen molar-refractivity contribution in [3.63, 3.8) is 0 Å². The Bertz CT molecular complexity index is 231. The van der Waals surface area contributed by atoms with E-state index < -0.39 is 16.5 Å². The third-order valence-corrected chi connectivity index (χ3v) is 1.99. The van der Waals surface area contributed by atoms with Gasteiger partial charge in [-0.2, -0.15) is 0 Å². The molecule has 0 saturated carbocycles. The lowest BCUT2D eigenvalue weighted by molar-refractivity contribution is -0.757. The van der Waals surface area contributed by atoms with Gasteiger partial charge in [-0.05, 0) is 26.7 Å². The Morgan fingerprint density at radius 1 is 1.53 bits per heavy atom. The Morgan fingerprint density at radius 3 is 2.60 bits per heavy atom. The lowest BCUT2D eigenvalue weighted by Gasteiger charge is -2.21. The number of hydrogen-bond donors (Lipinski definition) is 0. The van der Waals surface area contributed by atoms with E-state index in [0.717, 1.165) is 0 Å². The zero-order chi connectivity index (χ0) is 11.9. The molecule has 0 N–H and O–H groups in total. The Kier molecular flexibility index (Phi) is 6.00. The average Bonchev–Trinajstić information content (AvgIpc) is 2.12. The van der Waals surface area contributed by atoms with Gasteiger partial charge in [0.1, 0.15) is 0 Å². The smallest absolute Gasteiger partial charge is 0.312 e. The predicted octanol–water partition coefficient (Wildman–Crippen LogP) is 1.74. The van der Waals surface area contributed by atoms with Crippen LogP contribution in [-0.2, 0) is 14.4 Å². The first-order chi connectivity index (χ1) is 6.90. The maximum absolute atomic E-state index is 11.3. The Hall–Kier alpha value is -1.04. The van der Waals surface area contributed by atoms with E-state index in [1.807, 2.05) is 0 Å². The van der Waals surface area contributed by atoms with Crippen LogP contribution in [0.1, 0.15) is 26.7 Å². The van der Waals surface area contributed by atoms with Gasteiger partial charge in [-0.25, -0.2) is 0 Å². The molecular formula is C8H14ClNO5. The first-order valence-electron chi connectivity index (χ1n) is 4.40. The molecule has 6 nitrogen and oxygen atoms in total. The SMILES string of the molecule is CC(C)(CCCO[N+](=O)[O-])C(=O)OCCl. The van der Waals surface area contributed by atoms with E-state index in [2.05, 4.69) is 9.57 Å². The van der Waals surface area contributed by atoms with Gasteiger partial charge in [0.2, 0.25) is 0 Å². The minimum Gasteiger partial charge on any atom is -0.449 e. The summed E-state index contributed by atoms with van der Waals surface area (Å²) in [6.45, 7) is 3.35. The summed E-state index contributed by atoms with van der Waals surface area (Å²) in [4.78, 5) is 25.3. The molecule has 0 amide bonds. The van der Waals surface area contributed by atoms with E-state index in [1.54, 1.807) is 13.8 Å².